The van der Waals surface area contributed by atoms with E-state index in [0.717, 1.165) is 56.0 Å². The maximum absolute atomic E-state index is 12.7. The first-order chi connectivity index (χ1) is 12.2. The van der Waals surface area contributed by atoms with Gasteiger partial charge in [-0.05, 0) is 19.1 Å². The van der Waals surface area contributed by atoms with E-state index in [9.17, 15) is 4.79 Å². The summed E-state index contributed by atoms with van der Waals surface area (Å²) in [7, 11) is 0. The van der Waals surface area contributed by atoms with E-state index in [1.807, 2.05) is 54.5 Å². The Kier molecular flexibility index (Phi) is 4.28. The molecule has 130 valence electrons. The summed E-state index contributed by atoms with van der Waals surface area (Å²) in [5, 5.41) is 1.08. The lowest BCUT2D eigenvalue weighted by molar-refractivity contribution is 0.0628. The Morgan fingerprint density at radius 1 is 1.16 bits per heavy atom. The summed E-state index contributed by atoms with van der Waals surface area (Å²) in [6.45, 7) is 7.35. The fraction of sp³-hybridized carbons (Fsp3) is 0.368. The molecule has 0 aliphatic carbocycles. The molecule has 0 bridgehead atoms. The van der Waals surface area contributed by atoms with Gasteiger partial charge in [-0.2, -0.15) is 0 Å². The second-order valence-electron chi connectivity index (χ2n) is 6.57. The number of hydrogen-bond acceptors (Lipinski definition) is 3. The highest BCUT2D eigenvalue weighted by molar-refractivity contribution is 5.98. The average Bonchev–Trinajstić information content (AvgIpc) is 3.25. The van der Waals surface area contributed by atoms with Gasteiger partial charge in [0.05, 0.1) is 0 Å². The standard InChI is InChI=1S/C19H23N5O/c1-15-20-6-7-23(15)11-8-22-9-12-24(13-10-22)19(25)18-14-16-4-2-3-5-17(16)21-18/h2-7,14,21H,8-13H2,1H3. The summed E-state index contributed by atoms with van der Waals surface area (Å²) in [5.41, 5.74) is 1.70. The monoisotopic (exact) mass is 337 g/mol. The number of para-hydroxylation sites is 1. The lowest BCUT2D eigenvalue weighted by Crippen LogP contribution is -2.49. The molecule has 0 radical (unpaired) electrons. The molecule has 3 aromatic rings. The Hall–Kier alpha value is -2.60. The maximum atomic E-state index is 12.7. The van der Waals surface area contributed by atoms with Gasteiger partial charge in [-0.3, -0.25) is 9.69 Å². The number of H-pyrrole nitrogens is 1. The molecule has 1 aliphatic rings. The highest BCUT2D eigenvalue weighted by atomic mass is 16.2. The van der Waals surface area contributed by atoms with Gasteiger partial charge in [0.2, 0.25) is 0 Å². The van der Waals surface area contributed by atoms with Gasteiger partial charge in [-0.15, -0.1) is 0 Å². The van der Waals surface area contributed by atoms with Gasteiger partial charge in [0.15, 0.2) is 0 Å². The fourth-order valence-corrected chi connectivity index (χ4v) is 3.42. The van der Waals surface area contributed by atoms with Crippen molar-refractivity contribution in [1.29, 1.82) is 0 Å². The maximum Gasteiger partial charge on any atom is 0.270 e. The number of benzene rings is 1. The van der Waals surface area contributed by atoms with Crippen LogP contribution in [0.4, 0.5) is 0 Å². The van der Waals surface area contributed by atoms with E-state index in [1.54, 1.807) is 0 Å². The van der Waals surface area contributed by atoms with Crippen molar-refractivity contribution in [1.82, 2.24) is 24.3 Å². The second-order valence-corrected chi connectivity index (χ2v) is 6.57. The van der Waals surface area contributed by atoms with Crippen LogP contribution in [-0.4, -0.2) is 63.0 Å². The van der Waals surface area contributed by atoms with Crippen molar-refractivity contribution in [3.05, 3.63) is 54.2 Å². The zero-order valence-corrected chi connectivity index (χ0v) is 14.5. The Morgan fingerprint density at radius 3 is 2.68 bits per heavy atom. The fourth-order valence-electron chi connectivity index (χ4n) is 3.42. The van der Waals surface area contributed by atoms with Gasteiger partial charge in [-0.25, -0.2) is 4.98 Å². The molecule has 0 atom stereocenters. The van der Waals surface area contributed by atoms with Crippen molar-refractivity contribution < 1.29 is 4.79 Å². The van der Waals surface area contributed by atoms with Gasteiger partial charge in [0.1, 0.15) is 11.5 Å². The van der Waals surface area contributed by atoms with Crippen LogP contribution in [0.15, 0.2) is 42.7 Å². The Balaban J connectivity index is 1.33. The SMILES string of the molecule is Cc1nccn1CCN1CCN(C(=O)c2cc3ccccc3[nH]2)CC1. The van der Waals surface area contributed by atoms with Crippen LogP contribution in [0, 0.1) is 6.92 Å². The number of nitrogens with zero attached hydrogens (tertiary/aromatic N) is 4. The predicted octanol–water partition coefficient (Wildman–Crippen LogP) is 2.13. The molecule has 1 N–H and O–H groups in total. The van der Waals surface area contributed by atoms with Gasteiger partial charge in [-0.1, -0.05) is 18.2 Å². The van der Waals surface area contributed by atoms with Crippen molar-refractivity contribution in [2.45, 2.75) is 13.5 Å². The number of aromatic nitrogens is 3. The molecule has 0 spiro atoms. The molecular formula is C19H23N5O. The predicted molar refractivity (Wildman–Crippen MR) is 97.6 cm³/mol. The van der Waals surface area contributed by atoms with Crippen LogP contribution < -0.4 is 0 Å². The number of piperazine rings is 1. The molecule has 1 fully saturated rings. The molecule has 1 saturated heterocycles. The molecule has 4 rings (SSSR count). The van der Waals surface area contributed by atoms with Crippen LogP contribution in [0.2, 0.25) is 0 Å². The molecule has 1 aliphatic heterocycles. The first kappa shape index (κ1) is 15.9. The molecule has 25 heavy (non-hydrogen) atoms. The molecule has 1 amide bonds. The third kappa shape index (κ3) is 3.30. The number of aryl methyl sites for hydroxylation is 1. The Morgan fingerprint density at radius 2 is 1.96 bits per heavy atom. The van der Waals surface area contributed by atoms with E-state index < -0.39 is 0 Å². The average molecular weight is 337 g/mol. The number of aromatic amines is 1. The van der Waals surface area contributed by atoms with Crippen molar-refractivity contribution in [3.8, 4) is 0 Å². The Bertz CT molecular complexity index is 840. The lowest BCUT2D eigenvalue weighted by atomic mass is 10.2. The van der Waals surface area contributed by atoms with E-state index in [0.29, 0.717) is 5.69 Å². The van der Waals surface area contributed by atoms with Crippen molar-refractivity contribution in [3.63, 3.8) is 0 Å². The number of fused-ring (bicyclic) bond motifs is 1. The summed E-state index contributed by atoms with van der Waals surface area (Å²) in [5.74, 6) is 1.15. The summed E-state index contributed by atoms with van der Waals surface area (Å²) in [6.07, 6.45) is 3.86. The van der Waals surface area contributed by atoms with Crippen molar-refractivity contribution in [2.24, 2.45) is 0 Å². The number of carbonyl (C=O) groups is 1. The highest BCUT2D eigenvalue weighted by Crippen LogP contribution is 2.17. The third-order valence-electron chi connectivity index (χ3n) is 5.00. The number of carbonyl (C=O) groups excluding carboxylic acids is 1. The van der Waals surface area contributed by atoms with E-state index in [2.05, 4.69) is 19.4 Å². The van der Waals surface area contributed by atoms with E-state index in [-0.39, 0.29) is 5.91 Å². The number of hydrogen-bond donors (Lipinski definition) is 1. The quantitative estimate of drug-likeness (QED) is 0.793. The minimum atomic E-state index is 0.0984. The van der Waals surface area contributed by atoms with Crippen LogP contribution in [0.1, 0.15) is 16.3 Å². The second kappa shape index (κ2) is 6.72. The molecule has 0 saturated carbocycles. The van der Waals surface area contributed by atoms with Gasteiger partial charge in [0.25, 0.3) is 5.91 Å². The summed E-state index contributed by atoms with van der Waals surface area (Å²) >= 11 is 0. The third-order valence-corrected chi connectivity index (χ3v) is 5.00. The molecule has 6 heteroatoms. The molecule has 0 unspecified atom stereocenters. The number of imidazole rings is 1. The van der Waals surface area contributed by atoms with Crippen molar-refractivity contribution in [2.75, 3.05) is 32.7 Å². The molecule has 3 heterocycles. The summed E-state index contributed by atoms with van der Waals surface area (Å²) in [4.78, 5) is 24.6. The first-order valence-electron chi connectivity index (χ1n) is 8.78. The number of amides is 1. The first-order valence-corrected chi connectivity index (χ1v) is 8.78. The van der Waals surface area contributed by atoms with Crippen LogP contribution >= 0.6 is 0 Å². The smallest absolute Gasteiger partial charge is 0.270 e. The molecular weight excluding hydrogens is 314 g/mol. The van der Waals surface area contributed by atoms with Gasteiger partial charge in [0, 0.05) is 62.6 Å². The van der Waals surface area contributed by atoms with E-state index in [1.165, 1.54) is 0 Å². The van der Waals surface area contributed by atoms with Crippen LogP contribution in [-0.2, 0) is 6.54 Å². The molecule has 6 nitrogen and oxygen atoms in total. The van der Waals surface area contributed by atoms with Crippen LogP contribution in [0.25, 0.3) is 10.9 Å². The van der Waals surface area contributed by atoms with E-state index >= 15 is 0 Å². The zero-order valence-electron chi connectivity index (χ0n) is 14.5. The molecule has 2 aromatic heterocycles. The van der Waals surface area contributed by atoms with Crippen molar-refractivity contribution >= 4 is 16.8 Å². The normalized spacial score (nSPS) is 15.8. The number of rotatable bonds is 4. The lowest BCUT2D eigenvalue weighted by Gasteiger charge is -2.34. The number of nitrogens with one attached hydrogen (secondary N) is 1. The van der Waals surface area contributed by atoms with Gasteiger partial charge < -0.3 is 14.5 Å². The minimum Gasteiger partial charge on any atom is -0.351 e. The van der Waals surface area contributed by atoms with Crippen LogP contribution in [0.3, 0.4) is 0 Å². The minimum absolute atomic E-state index is 0.0984. The zero-order chi connectivity index (χ0) is 17.2. The summed E-state index contributed by atoms with van der Waals surface area (Å²) < 4.78 is 2.17. The van der Waals surface area contributed by atoms with Gasteiger partial charge >= 0.3 is 0 Å². The highest BCUT2D eigenvalue weighted by Gasteiger charge is 2.23. The largest absolute Gasteiger partial charge is 0.351 e. The molecule has 1 aromatic carbocycles. The topological polar surface area (TPSA) is 57.2 Å². The Labute approximate surface area is 147 Å². The van der Waals surface area contributed by atoms with Crippen LogP contribution in [0.5, 0.6) is 0 Å². The van der Waals surface area contributed by atoms with E-state index in [4.69, 9.17) is 0 Å². The summed E-state index contributed by atoms with van der Waals surface area (Å²) in [6, 6.07) is 9.95.